The van der Waals surface area contributed by atoms with E-state index in [1.807, 2.05) is 12.1 Å². The summed E-state index contributed by atoms with van der Waals surface area (Å²) in [6, 6.07) is 5.95. The molecule has 3 heteroatoms. The predicted octanol–water partition coefficient (Wildman–Crippen LogP) is 3.58. The number of nitrogens with zero attached hydrogens (tertiary/aromatic N) is 1. The van der Waals surface area contributed by atoms with Crippen molar-refractivity contribution in [2.24, 2.45) is 0 Å². The molecule has 3 nitrogen and oxygen atoms in total. The molecular formula is C14H19N3. The van der Waals surface area contributed by atoms with E-state index in [-0.39, 0.29) is 0 Å². The number of benzene rings is 1. The minimum atomic E-state index is 0.601. The summed E-state index contributed by atoms with van der Waals surface area (Å²) in [6.45, 7) is 0. The van der Waals surface area contributed by atoms with Crippen LogP contribution in [-0.2, 0) is 0 Å². The molecule has 1 heterocycles. The van der Waals surface area contributed by atoms with Crippen molar-refractivity contribution in [3.8, 4) is 0 Å². The van der Waals surface area contributed by atoms with Crippen LogP contribution in [-0.4, -0.2) is 9.97 Å². The third-order valence-corrected chi connectivity index (χ3v) is 3.80. The molecule has 0 spiro atoms. The Kier molecular flexibility index (Phi) is 2.75. The number of nitrogens with two attached hydrogens (primary N) is 1. The van der Waals surface area contributed by atoms with Crippen LogP contribution in [0.1, 0.15) is 50.3 Å². The Bertz CT molecular complexity index is 507. The highest BCUT2D eigenvalue weighted by molar-refractivity contribution is 5.86. The average molecular weight is 229 g/mol. The molecule has 0 saturated heterocycles. The van der Waals surface area contributed by atoms with Gasteiger partial charge in [-0.05, 0) is 25.0 Å². The molecule has 3 rings (SSSR count). The number of aromatic amines is 1. The number of rotatable bonds is 1. The molecular weight excluding hydrogens is 210 g/mol. The highest BCUT2D eigenvalue weighted by atomic mass is 14.9. The molecule has 1 aliphatic carbocycles. The Morgan fingerprint density at radius 2 is 1.88 bits per heavy atom. The summed E-state index contributed by atoms with van der Waals surface area (Å²) < 4.78 is 0. The molecule has 0 aliphatic heterocycles. The van der Waals surface area contributed by atoms with E-state index < -0.39 is 0 Å². The largest absolute Gasteiger partial charge is 0.397 e. The van der Waals surface area contributed by atoms with E-state index in [9.17, 15) is 0 Å². The third-order valence-electron chi connectivity index (χ3n) is 3.80. The molecule has 3 N–H and O–H groups in total. The number of para-hydroxylation sites is 1. The monoisotopic (exact) mass is 229 g/mol. The Hall–Kier alpha value is -1.51. The maximum Gasteiger partial charge on any atom is 0.111 e. The van der Waals surface area contributed by atoms with E-state index in [0.29, 0.717) is 5.92 Å². The fourth-order valence-electron chi connectivity index (χ4n) is 2.82. The van der Waals surface area contributed by atoms with E-state index in [1.165, 1.54) is 38.5 Å². The minimum Gasteiger partial charge on any atom is -0.397 e. The van der Waals surface area contributed by atoms with Crippen LogP contribution in [0.5, 0.6) is 0 Å². The van der Waals surface area contributed by atoms with Crippen LogP contribution < -0.4 is 5.73 Å². The van der Waals surface area contributed by atoms with Crippen LogP contribution in [0, 0.1) is 0 Å². The molecule has 2 aromatic rings. The number of anilines is 1. The number of imidazole rings is 1. The highest BCUT2D eigenvalue weighted by Gasteiger charge is 2.18. The summed E-state index contributed by atoms with van der Waals surface area (Å²) in [7, 11) is 0. The Morgan fingerprint density at radius 1 is 1.12 bits per heavy atom. The van der Waals surface area contributed by atoms with Gasteiger partial charge in [-0.15, -0.1) is 0 Å². The molecule has 0 unspecified atom stereocenters. The van der Waals surface area contributed by atoms with Gasteiger partial charge in [0, 0.05) is 5.92 Å². The summed E-state index contributed by atoms with van der Waals surface area (Å²) >= 11 is 0. The lowest BCUT2D eigenvalue weighted by Gasteiger charge is -2.09. The molecule has 0 radical (unpaired) electrons. The zero-order valence-corrected chi connectivity index (χ0v) is 10.1. The first-order valence-corrected chi connectivity index (χ1v) is 6.59. The lowest BCUT2D eigenvalue weighted by Crippen LogP contribution is -1.99. The molecule has 0 atom stereocenters. The number of H-pyrrole nitrogens is 1. The van der Waals surface area contributed by atoms with Crippen molar-refractivity contribution in [3.63, 3.8) is 0 Å². The van der Waals surface area contributed by atoms with Gasteiger partial charge in [0.05, 0.1) is 11.2 Å². The van der Waals surface area contributed by atoms with E-state index in [0.717, 1.165) is 22.5 Å². The van der Waals surface area contributed by atoms with Gasteiger partial charge in [0.2, 0.25) is 0 Å². The van der Waals surface area contributed by atoms with Gasteiger partial charge in [0.1, 0.15) is 11.3 Å². The SMILES string of the molecule is Nc1cccc2[nH]c(C3CCCCCC3)nc12. The van der Waals surface area contributed by atoms with E-state index in [1.54, 1.807) is 0 Å². The lowest BCUT2D eigenvalue weighted by atomic mass is 10.00. The fourth-order valence-corrected chi connectivity index (χ4v) is 2.82. The van der Waals surface area contributed by atoms with Gasteiger partial charge in [-0.2, -0.15) is 0 Å². The Labute approximate surface area is 101 Å². The van der Waals surface area contributed by atoms with Crippen molar-refractivity contribution in [2.75, 3.05) is 5.73 Å². The zero-order valence-electron chi connectivity index (χ0n) is 10.1. The number of hydrogen-bond acceptors (Lipinski definition) is 2. The number of aromatic nitrogens is 2. The van der Waals surface area contributed by atoms with Crippen LogP contribution in [0.4, 0.5) is 5.69 Å². The van der Waals surface area contributed by atoms with Crippen molar-refractivity contribution >= 4 is 16.7 Å². The first-order valence-electron chi connectivity index (χ1n) is 6.59. The van der Waals surface area contributed by atoms with Gasteiger partial charge in [-0.3, -0.25) is 0 Å². The molecule has 1 aliphatic rings. The standard InChI is InChI=1S/C14H19N3/c15-11-8-5-9-12-13(11)17-14(16-12)10-6-3-1-2-4-7-10/h5,8-10H,1-4,6-7,15H2,(H,16,17). The van der Waals surface area contributed by atoms with E-state index in [2.05, 4.69) is 11.1 Å². The Morgan fingerprint density at radius 3 is 2.59 bits per heavy atom. The molecule has 1 aromatic carbocycles. The average Bonchev–Trinajstić information content (AvgIpc) is 2.59. The summed E-state index contributed by atoms with van der Waals surface area (Å²) in [5.74, 6) is 1.74. The molecule has 1 aromatic heterocycles. The Balaban J connectivity index is 1.96. The maximum atomic E-state index is 5.95. The topological polar surface area (TPSA) is 54.7 Å². The quantitative estimate of drug-likeness (QED) is 0.580. The summed E-state index contributed by atoms with van der Waals surface area (Å²) in [5, 5.41) is 0. The predicted molar refractivity (Wildman–Crippen MR) is 70.9 cm³/mol. The normalized spacial score (nSPS) is 18.4. The van der Waals surface area contributed by atoms with Crippen LogP contribution in [0.25, 0.3) is 11.0 Å². The second-order valence-corrected chi connectivity index (χ2v) is 5.05. The number of nitrogens with one attached hydrogen (secondary N) is 1. The third kappa shape index (κ3) is 2.02. The number of fused-ring (bicyclic) bond motifs is 1. The van der Waals surface area contributed by atoms with Crippen molar-refractivity contribution in [2.45, 2.75) is 44.4 Å². The summed E-state index contributed by atoms with van der Waals surface area (Å²) in [6.07, 6.45) is 7.94. The minimum absolute atomic E-state index is 0.601. The second kappa shape index (κ2) is 4.40. The summed E-state index contributed by atoms with van der Waals surface area (Å²) in [5.41, 5.74) is 8.73. The van der Waals surface area contributed by atoms with Gasteiger partial charge in [-0.25, -0.2) is 4.98 Å². The van der Waals surface area contributed by atoms with E-state index >= 15 is 0 Å². The van der Waals surface area contributed by atoms with Crippen molar-refractivity contribution < 1.29 is 0 Å². The molecule has 0 amide bonds. The number of nitrogen functional groups attached to an aromatic ring is 1. The maximum absolute atomic E-state index is 5.95. The van der Waals surface area contributed by atoms with E-state index in [4.69, 9.17) is 10.7 Å². The lowest BCUT2D eigenvalue weighted by molar-refractivity contribution is 0.567. The first-order chi connectivity index (χ1) is 8.34. The van der Waals surface area contributed by atoms with Gasteiger partial charge in [0.25, 0.3) is 0 Å². The number of hydrogen-bond donors (Lipinski definition) is 2. The van der Waals surface area contributed by atoms with Crippen molar-refractivity contribution in [1.29, 1.82) is 0 Å². The fraction of sp³-hybridized carbons (Fsp3) is 0.500. The van der Waals surface area contributed by atoms with Gasteiger partial charge >= 0.3 is 0 Å². The molecule has 0 bridgehead atoms. The van der Waals surface area contributed by atoms with Crippen LogP contribution in [0.2, 0.25) is 0 Å². The zero-order chi connectivity index (χ0) is 11.7. The molecule has 90 valence electrons. The van der Waals surface area contributed by atoms with Crippen LogP contribution >= 0.6 is 0 Å². The molecule has 1 fully saturated rings. The van der Waals surface area contributed by atoms with Crippen molar-refractivity contribution in [3.05, 3.63) is 24.0 Å². The highest BCUT2D eigenvalue weighted by Crippen LogP contribution is 2.31. The molecule has 1 saturated carbocycles. The van der Waals surface area contributed by atoms with Crippen molar-refractivity contribution in [1.82, 2.24) is 9.97 Å². The smallest absolute Gasteiger partial charge is 0.111 e. The summed E-state index contributed by atoms with van der Waals surface area (Å²) in [4.78, 5) is 8.14. The van der Waals surface area contributed by atoms with Crippen LogP contribution in [0.15, 0.2) is 18.2 Å². The second-order valence-electron chi connectivity index (χ2n) is 5.05. The first kappa shape index (κ1) is 10.6. The van der Waals surface area contributed by atoms with Gasteiger partial charge in [0.15, 0.2) is 0 Å². The molecule has 17 heavy (non-hydrogen) atoms. The van der Waals surface area contributed by atoms with Gasteiger partial charge < -0.3 is 10.7 Å². The van der Waals surface area contributed by atoms with Crippen LogP contribution in [0.3, 0.4) is 0 Å². The van der Waals surface area contributed by atoms with Gasteiger partial charge in [-0.1, -0.05) is 31.7 Å².